The highest BCUT2D eigenvalue weighted by atomic mass is 16.2. The minimum atomic E-state index is -0.114. The summed E-state index contributed by atoms with van der Waals surface area (Å²) in [6.45, 7) is 5.94. The predicted octanol–water partition coefficient (Wildman–Crippen LogP) is 3.47. The summed E-state index contributed by atoms with van der Waals surface area (Å²) in [5, 5.41) is 3.91. The standard InChI is InChI=1S/C23H24N8O/c1-15-3-4-18(12-25-15)28-23(32)31-10-9-30(13-16(31)2)22-19-11-20(17-5-7-24-8-6-17)29-21(19)26-14-27-22/h3-8,11-12,14,16H,9-10,13H2,1-2H3,(H,28,32)(H,26,27,29)/t16-/m1/s1. The van der Waals surface area contributed by atoms with Crippen LogP contribution in [0.4, 0.5) is 16.3 Å². The summed E-state index contributed by atoms with van der Waals surface area (Å²) in [7, 11) is 0. The highest BCUT2D eigenvalue weighted by Gasteiger charge is 2.29. The Labute approximate surface area is 185 Å². The van der Waals surface area contributed by atoms with Gasteiger partial charge in [0.25, 0.3) is 0 Å². The van der Waals surface area contributed by atoms with Gasteiger partial charge in [-0.25, -0.2) is 14.8 Å². The minimum absolute atomic E-state index is 0.0192. The Morgan fingerprint density at radius 2 is 1.97 bits per heavy atom. The van der Waals surface area contributed by atoms with Crippen molar-refractivity contribution in [1.29, 1.82) is 0 Å². The van der Waals surface area contributed by atoms with E-state index >= 15 is 0 Å². The maximum atomic E-state index is 12.8. The molecule has 0 aliphatic carbocycles. The first-order valence-electron chi connectivity index (χ1n) is 10.6. The Morgan fingerprint density at radius 3 is 2.72 bits per heavy atom. The van der Waals surface area contributed by atoms with Crippen molar-refractivity contribution in [3.05, 3.63) is 60.9 Å². The zero-order valence-electron chi connectivity index (χ0n) is 18.0. The number of rotatable bonds is 3. The summed E-state index contributed by atoms with van der Waals surface area (Å²) in [6.07, 6.45) is 6.80. The molecule has 32 heavy (non-hydrogen) atoms. The number of hydrogen-bond donors (Lipinski definition) is 2. The highest BCUT2D eigenvalue weighted by molar-refractivity contribution is 5.92. The van der Waals surface area contributed by atoms with Crippen LogP contribution in [0.5, 0.6) is 0 Å². The fourth-order valence-corrected chi connectivity index (χ4v) is 4.05. The SMILES string of the molecule is Cc1ccc(NC(=O)N2CCN(c3ncnc4[nH]c(-c5ccncc5)cc34)C[C@H]2C)cn1. The number of aromatic amines is 1. The van der Waals surface area contributed by atoms with E-state index < -0.39 is 0 Å². The third-order valence-electron chi connectivity index (χ3n) is 5.75. The minimum Gasteiger partial charge on any atom is -0.352 e. The van der Waals surface area contributed by atoms with Gasteiger partial charge in [-0.15, -0.1) is 0 Å². The van der Waals surface area contributed by atoms with Crippen LogP contribution >= 0.6 is 0 Å². The molecule has 1 atom stereocenters. The van der Waals surface area contributed by atoms with Crippen molar-refractivity contribution in [2.75, 3.05) is 29.9 Å². The van der Waals surface area contributed by atoms with E-state index in [9.17, 15) is 4.79 Å². The maximum absolute atomic E-state index is 12.8. The molecule has 4 aromatic heterocycles. The highest BCUT2D eigenvalue weighted by Crippen LogP contribution is 2.29. The molecule has 1 saturated heterocycles. The van der Waals surface area contributed by atoms with E-state index in [4.69, 9.17) is 0 Å². The molecule has 0 aromatic carbocycles. The topological polar surface area (TPSA) is 103 Å². The molecule has 1 aliphatic heterocycles. The summed E-state index contributed by atoms with van der Waals surface area (Å²) < 4.78 is 0. The van der Waals surface area contributed by atoms with Gasteiger partial charge < -0.3 is 20.1 Å². The van der Waals surface area contributed by atoms with Crippen LogP contribution in [0.2, 0.25) is 0 Å². The number of aryl methyl sites for hydroxylation is 1. The van der Waals surface area contributed by atoms with E-state index in [1.165, 1.54) is 0 Å². The molecule has 0 bridgehead atoms. The molecule has 5 rings (SSSR count). The lowest BCUT2D eigenvalue weighted by atomic mass is 10.1. The third-order valence-corrected chi connectivity index (χ3v) is 5.75. The number of hydrogen-bond acceptors (Lipinski definition) is 6. The van der Waals surface area contributed by atoms with Gasteiger partial charge in [-0.05, 0) is 44.2 Å². The number of fused-ring (bicyclic) bond motifs is 1. The van der Waals surface area contributed by atoms with Gasteiger partial charge >= 0.3 is 6.03 Å². The maximum Gasteiger partial charge on any atom is 0.322 e. The molecule has 0 radical (unpaired) electrons. The number of H-pyrrole nitrogens is 1. The molecule has 4 aromatic rings. The number of pyridine rings is 2. The average Bonchev–Trinajstić information content (AvgIpc) is 3.25. The number of amides is 2. The van der Waals surface area contributed by atoms with Crippen LogP contribution in [0.15, 0.2) is 55.2 Å². The second kappa shape index (κ2) is 8.26. The Balaban J connectivity index is 1.33. The van der Waals surface area contributed by atoms with Crippen LogP contribution in [0, 0.1) is 6.92 Å². The number of urea groups is 1. The number of anilines is 2. The van der Waals surface area contributed by atoms with Crippen LogP contribution in [-0.4, -0.2) is 61.5 Å². The van der Waals surface area contributed by atoms with Crippen molar-refractivity contribution >= 4 is 28.6 Å². The molecular weight excluding hydrogens is 404 g/mol. The molecule has 162 valence electrons. The quantitative estimate of drug-likeness (QED) is 0.518. The second-order valence-electron chi connectivity index (χ2n) is 7.99. The summed E-state index contributed by atoms with van der Waals surface area (Å²) in [4.78, 5) is 37.6. The Bertz CT molecular complexity index is 1240. The van der Waals surface area contributed by atoms with Crippen molar-refractivity contribution in [1.82, 2.24) is 29.8 Å². The van der Waals surface area contributed by atoms with Gasteiger partial charge in [-0.3, -0.25) is 9.97 Å². The number of carbonyl (C=O) groups excluding carboxylic acids is 1. The number of aromatic nitrogens is 5. The monoisotopic (exact) mass is 428 g/mol. The first-order valence-corrected chi connectivity index (χ1v) is 10.6. The lowest BCUT2D eigenvalue weighted by Gasteiger charge is -2.40. The Morgan fingerprint density at radius 1 is 1.12 bits per heavy atom. The summed E-state index contributed by atoms with van der Waals surface area (Å²) in [5.74, 6) is 0.876. The smallest absolute Gasteiger partial charge is 0.322 e. The van der Waals surface area contributed by atoms with Crippen LogP contribution < -0.4 is 10.2 Å². The molecule has 0 saturated carbocycles. The number of nitrogens with zero attached hydrogens (tertiary/aromatic N) is 6. The second-order valence-corrected chi connectivity index (χ2v) is 7.99. The summed E-state index contributed by atoms with van der Waals surface area (Å²) in [5.41, 5.74) is 4.43. The fraction of sp³-hybridized carbons (Fsp3) is 0.261. The Kier molecular flexibility index (Phi) is 5.14. The van der Waals surface area contributed by atoms with Crippen LogP contribution in [0.1, 0.15) is 12.6 Å². The molecule has 1 aliphatic rings. The summed E-state index contributed by atoms with van der Waals surface area (Å²) in [6, 6.07) is 9.65. The van der Waals surface area contributed by atoms with E-state index in [0.717, 1.165) is 33.8 Å². The lowest BCUT2D eigenvalue weighted by molar-refractivity contribution is 0.184. The molecule has 1 fully saturated rings. The average molecular weight is 429 g/mol. The number of piperazine rings is 1. The molecule has 9 heteroatoms. The van der Waals surface area contributed by atoms with Gasteiger partial charge in [-0.2, -0.15) is 0 Å². The van der Waals surface area contributed by atoms with Gasteiger partial charge in [0.05, 0.1) is 17.3 Å². The van der Waals surface area contributed by atoms with Gasteiger partial charge in [0.15, 0.2) is 0 Å². The summed E-state index contributed by atoms with van der Waals surface area (Å²) >= 11 is 0. The van der Waals surface area contributed by atoms with Crippen molar-refractivity contribution in [3.63, 3.8) is 0 Å². The van der Waals surface area contributed by atoms with E-state index in [-0.39, 0.29) is 12.1 Å². The van der Waals surface area contributed by atoms with Crippen LogP contribution in [0.3, 0.4) is 0 Å². The first kappa shape index (κ1) is 19.9. The van der Waals surface area contributed by atoms with E-state index in [1.807, 2.05) is 36.1 Å². The largest absolute Gasteiger partial charge is 0.352 e. The molecule has 0 unspecified atom stereocenters. The molecule has 5 heterocycles. The Hall–Kier alpha value is -4.01. The number of nitrogens with one attached hydrogen (secondary N) is 2. The van der Waals surface area contributed by atoms with Crippen molar-refractivity contribution in [2.45, 2.75) is 19.9 Å². The zero-order chi connectivity index (χ0) is 22.1. The normalized spacial score (nSPS) is 16.4. The van der Waals surface area contributed by atoms with Gasteiger partial charge in [0.2, 0.25) is 0 Å². The lowest BCUT2D eigenvalue weighted by Crippen LogP contribution is -2.55. The molecule has 2 N–H and O–H groups in total. The molecule has 2 amide bonds. The third kappa shape index (κ3) is 3.84. The van der Waals surface area contributed by atoms with Crippen molar-refractivity contribution in [3.8, 4) is 11.3 Å². The van der Waals surface area contributed by atoms with E-state index in [2.05, 4.69) is 48.1 Å². The van der Waals surface area contributed by atoms with Gasteiger partial charge in [0, 0.05) is 55.0 Å². The van der Waals surface area contributed by atoms with Gasteiger partial charge in [0.1, 0.15) is 17.8 Å². The fourth-order valence-electron chi connectivity index (χ4n) is 4.05. The van der Waals surface area contributed by atoms with Crippen molar-refractivity contribution in [2.24, 2.45) is 0 Å². The first-order chi connectivity index (χ1) is 15.6. The molecule has 9 nitrogen and oxygen atoms in total. The van der Waals surface area contributed by atoms with E-state index in [0.29, 0.717) is 25.3 Å². The number of carbonyl (C=O) groups is 1. The van der Waals surface area contributed by atoms with Gasteiger partial charge in [-0.1, -0.05) is 0 Å². The molecule has 0 spiro atoms. The van der Waals surface area contributed by atoms with Crippen LogP contribution in [-0.2, 0) is 0 Å². The van der Waals surface area contributed by atoms with E-state index in [1.54, 1.807) is 24.9 Å². The predicted molar refractivity (Wildman–Crippen MR) is 123 cm³/mol. The molecular formula is C23H24N8O. The van der Waals surface area contributed by atoms with Crippen LogP contribution in [0.25, 0.3) is 22.3 Å². The zero-order valence-corrected chi connectivity index (χ0v) is 18.0. The van der Waals surface area contributed by atoms with Crippen molar-refractivity contribution < 1.29 is 4.79 Å².